The van der Waals surface area contributed by atoms with Gasteiger partial charge in [0, 0.05) is 17.1 Å². The van der Waals surface area contributed by atoms with Crippen LogP contribution in [0.2, 0.25) is 0 Å². The minimum Gasteiger partial charge on any atom is -0.477 e. The number of fused-ring (bicyclic) bond motifs is 1. The topological polar surface area (TPSA) is 68.0 Å². The van der Waals surface area contributed by atoms with Gasteiger partial charge in [0.05, 0.1) is 0 Å². The number of thiophene rings is 1. The Balaban J connectivity index is 2.02. The largest absolute Gasteiger partial charge is 0.477 e. The molecule has 0 unspecified atom stereocenters. The van der Waals surface area contributed by atoms with Gasteiger partial charge in [-0.05, 0) is 18.2 Å². The number of carbonyl (C=O) groups is 1. The van der Waals surface area contributed by atoms with Gasteiger partial charge >= 0.3 is 5.97 Å². The van der Waals surface area contributed by atoms with E-state index in [1.165, 1.54) is 11.3 Å². The number of nitrogens with zero attached hydrogens (tertiary/aromatic N) is 3. The summed E-state index contributed by atoms with van der Waals surface area (Å²) in [4.78, 5) is 16.7. The molecule has 0 atom stereocenters. The Morgan fingerprint density at radius 1 is 1.09 bits per heavy atom. The van der Waals surface area contributed by atoms with Gasteiger partial charge in [-0.1, -0.05) is 36.4 Å². The van der Waals surface area contributed by atoms with Gasteiger partial charge in [0.15, 0.2) is 5.82 Å². The fraction of sp³-hybridized carbons (Fsp3) is 0. The van der Waals surface area contributed by atoms with Crippen LogP contribution >= 0.6 is 11.3 Å². The van der Waals surface area contributed by atoms with Crippen LogP contribution in [0.15, 0.2) is 60.8 Å². The molecule has 112 valence electrons. The van der Waals surface area contributed by atoms with Crippen molar-refractivity contribution in [3.63, 3.8) is 0 Å². The zero-order chi connectivity index (χ0) is 15.8. The fourth-order valence-corrected chi connectivity index (χ4v) is 3.42. The van der Waals surface area contributed by atoms with Gasteiger partial charge in [0.1, 0.15) is 15.4 Å². The zero-order valence-corrected chi connectivity index (χ0v) is 12.7. The van der Waals surface area contributed by atoms with Crippen LogP contribution in [0.5, 0.6) is 0 Å². The summed E-state index contributed by atoms with van der Waals surface area (Å²) in [5, 5.41) is 14.8. The molecular weight excluding hydrogens is 310 g/mol. The van der Waals surface area contributed by atoms with Gasteiger partial charge in [-0.3, -0.25) is 0 Å². The van der Waals surface area contributed by atoms with Crippen LogP contribution in [0.4, 0.5) is 0 Å². The molecule has 0 bridgehead atoms. The van der Waals surface area contributed by atoms with Gasteiger partial charge in [-0.2, -0.15) is 5.10 Å². The number of hydrogen-bond donors (Lipinski definition) is 1. The molecule has 0 amide bonds. The lowest BCUT2D eigenvalue weighted by Gasteiger charge is -2.00. The Hall–Kier alpha value is -2.99. The Morgan fingerprint density at radius 3 is 2.57 bits per heavy atom. The molecule has 0 spiro atoms. The number of aromatic carboxylic acids is 1. The molecule has 0 fully saturated rings. The van der Waals surface area contributed by atoms with E-state index in [-0.39, 0.29) is 0 Å². The normalized spacial score (nSPS) is 11.0. The summed E-state index contributed by atoms with van der Waals surface area (Å²) in [6.45, 7) is 0. The molecule has 0 saturated carbocycles. The maximum atomic E-state index is 11.3. The summed E-state index contributed by atoms with van der Waals surface area (Å²) in [5.41, 5.74) is 1.71. The monoisotopic (exact) mass is 321 g/mol. The third kappa shape index (κ3) is 2.29. The third-order valence-corrected chi connectivity index (χ3v) is 4.58. The second-order valence-electron chi connectivity index (χ2n) is 4.95. The molecule has 4 aromatic rings. The number of pyridine rings is 1. The molecule has 0 aliphatic rings. The van der Waals surface area contributed by atoms with Crippen molar-refractivity contribution >= 4 is 27.5 Å². The van der Waals surface area contributed by atoms with Crippen molar-refractivity contribution in [2.75, 3.05) is 0 Å². The molecule has 1 aromatic carbocycles. The first kappa shape index (κ1) is 13.7. The second kappa shape index (κ2) is 5.33. The van der Waals surface area contributed by atoms with E-state index in [9.17, 15) is 9.90 Å². The zero-order valence-electron chi connectivity index (χ0n) is 11.9. The lowest BCUT2D eigenvalue weighted by molar-refractivity contribution is 0.0702. The van der Waals surface area contributed by atoms with E-state index in [1.807, 2.05) is 48.5 Å². The van der Waals surface area contributed by atoms with E-state index in [1.54, 1.807) is 16.9 Å². The van der Waals surface area contributed by atoms with Crippen LogP contribution in [0.3, 0.4) is 0 Å². The molecular formula is C17H11N3O2S. The summed E-state index contributed by atoms with van der Waals surface area (Å²) >= 11 is 1.20. The fourth-order valence-electron chi connectivity index (χ4n) is 2.46. The Morgan fingerprint density at radius 2 is 1.87 bits per heavy atom. The highest BCUT2D eigenvalue weighted by Crippen LogP contribution is 2.35. The lowest BCUT2D eigenvalue weighted by Crippen LogP contribution is -1.98. The first-order valence-corrected chi connectivity index (χ1v) is 7.78. The minimum atomic E-state index is -0.933. The van der Waals surface area contributed by atoms with Crippen LogP contribution in [0.1, 0.15) is 9.67 Å². The summed E-state index contributed by atoms with van der Waals surface area (Å²) in [6, 6.07) is 17.0. The smallest absolute Gasteiger partial charge is 0.345 e. The number of carboxylic acid groups (broad SMARTS) is 1. The van der Waals surface area contributed by atoms with Crippen LogP contribution in [0.25, 0.3) is 27.3 Å². The van der Waals surface area contributed by atoms with Crippen LogP contribution in [-0.4, -0.2) is 25.8 Å². The van der Waals surface area contributed by atoms with Crippen molar-refractivity contribution in [3.8, 4) is 17.1 Å². The van der Waals surface area contributed by atoms with Crippen molar-refractivity contribution in [1.29, 1.82) is 0 Å². The van der Waals surface area contributed by atoms with Crippen LogP contribution in [-0.2, 0) is 0 Å². The number of aromatic nitrogens is 3. The molecule has 23 heavy (non-hydrogen) atoms. The van der Waals surface area contributed by atoms with Crippen molar-refractivity contribution in [2.24, 2.45) is 0 Å². The number of rotatable bonds is 3. The Labute approximate surface area is 135 Å². The predicted molar refractivity (Wildman–Crippen MR) is 89.1 cm³/mol. The van der Waals surface area contributed by atoms with Crippen LogP contribution in [0, 0.1) is 0 Å². The number of carboxylic acids is 1. The Bertz CT molecular complexity index is 919. The van der Waals surface area contributed by atoms with Crippen molar-refractivity contribution in [2.45, 2.75) is 0 Å². The first-order chi connectivity index (χ1) is 11.2. The molecule has 6 heteroatoms. The molecule has 4 rings (SSSR count). The second-order valence-corrected chi connectivity index (χ2v) is 5.98. The molecule has 3 aromatic heterocycles. The average molecular weight is 321 g/mol. The quantitative estimate of drug-likeness (QED) is 0.622. The summed E-state index contributed by atoms with van der Waals surface area (Å²) < 4.78 is 1.70. The first-order valence-electron chi connectivity index (χ1n) is 6.97. The van der Waals surface area contributed by atoms with E-state index in [0.29, 0.717) is 10.7 Å². The highest BCUT2D eigenvalue weighted by molar-refractivity contribution is 7.20. The standard InChI is InChI=1S/C17H11N3O2S/c21-17(22)13-10-12-15(11-6-2-1-3-7-11)19-20(16(12)23-13)14-8-4-5-9-18-14/h1-10H,(H,21,22). The molecule has 3 heterocycles. The highest BCUT2D eigenvalue weighted by atomic mass is 32.1. The van der Waals surface area contributed by atoms with E-state index in [2.05, 4.69) is 10.1 Å². The highest BCUT2D eigenvalue weighted by Gasteiger charge is 2.19. The molecule has 5 nitrogen and oxygen atoms in total. The number of hydrogen-bond acceptors (Lipinski definition) is 4. The molecule has 1 N–H and O–H groups in total. The molecule has 0 aliphatic carbocycles. The summed E-state index contributed by atoms with van der Waals surface area (Å²) in [5.74, 6) is -0.267. The summed E-state index contributed by atoms with van der Waals surface area (Å²) in [7, 11) is 0. The third-order valence-electron chi connectivity index (χ3n) is 3.48. The molecule has 0 radical (unpaired) electrons. The Kier molecular flexibility index (Phi) is 3.17. The molecule has 0 saturated heterocycles. The lowest BCUT2D eigenvalue weighted by atomic mass is 10.1. The SMILES string of the molecule is O=C(O)c1cc2c(-c3ccccc3)nn(-c3ccccn3)c2s1. The minimum absolute atomic E-state index is 0.291. The number of benzene rings is 1. The van der Waals surface area contributed by atoms with E-state index in [4.69, 9.17) is 0 Å². The average Bonchev–Trinajstić information content (AvgIpc) is 3.16. The van der Waals surface area contributed by atoms with E-state index < -0.39 is 5.97 Å². The van der Waals surface area contributed by atoms with Crippen LogP contribution < -0.4 is 0 Å². The van der Waals surface area contributed by atoms with Gasteiger partial charge in [-0.25, -0.2) is 14.5 Å². The predicted octanol–water partition coefficient (Wildman–Crippen LogP) is 3.85. The maximum absolute atomic E-state index is 11.3. The van der Waals surface area contributed by atoms with Gasteiger partial charge in [-0.15, -0.1) is 11.3 Å². The van der Waals surface area contributed by atoms with Crippen molar-refractivity contribution in [1.82, 2.24) is 14.8 Å². The maximum Gasteiger partial charge on any atom is 0.345 e. The van der Waals surface area contributed by atoms with Crippen molar-refractivity contribution < 1.29 is 9.90 Å². The summed E-state index contributed by atoms with van der Waals surface area (Å²) in [6.07, 6.45) is 1.69. The molecule has 0 aliphatic heterocycles. The van der Waals surface area contributed by atoms with Gasteiger partial charge in [0.25, 0.3) is 0 Å². The van der Waals surface area contributed by atoms with Gasteiger partial charge < -0.3 is 5.11 Å². The van der Waals surface area contributed by atoms with Gasteiger partial charge in [0.2, 0.25) is 0 Å². The van der Waals surface area contributed by atoms with E-state index >= 15 is 0 Å². The van der Waals surface area contributed by atoms with Crippen molar-refractivity contribution in [3.05, 3.63) is 65.7 Å². The van der Waals surface area contributed by atoms with E-state index in [0.717, 1.165) is 21.5 Å².